The number of rotatable bonds is 7. The van der Waals surface area contributed by atoms with Gasteiger partial charge in [-0.05, 0) is 44.9 Å². The van der Waals surface area contributed by atoms with Crippen molar-refractivity contribution in [3.63, 3.8) is 0 Å². The molecular weight excluding hydrogens is 264 g/mol. The van der Waals surface area contributed by atoms with E-state index in [1.165, 1.54) is 0 Å². The highest BCUT2D eigenvalue weighted by Crippen LogP contribution is 2.18. The van der Waals surface area contributed by atoms with Crippen molar-refractivity contribution in [2.24, 2.45) is 0 Å². The second-order valence-corrected chi connectivity index (χ2v) is 5.03. The van der Waals surface area contributed by atoms with Crippen LogP contribution in [0.5, 0.6) is 0 Å². The van der Waals surface area contributed by atoms with E-state index in [4.69, 9.17) is 22.1 Å². The number of halogens is 1. The van der Waals surface area contributed by atoms with Crippen LogP contribution < -0.4 is 11.1 Å². The van der Waals surface area contributed by atoms with Crippen LogP contribution in [0.3, 0.4) is 0 Å². The summed E-state index contributed by atoms with van der Waals surface area (Å²) in [5, 5.41) is 3.20. The Morgan fingerprint density at radius 1 is 1.42 bits per heavy atom. The van der Waals surface area contributed by atoms with Gasteiger partial charge in [-0.15, -0.1) is 0 Å². The van der Waals surface area contributed by atoms with Gasteiger partial charge in [0.25, 0.3) is 5.91 Å². The zero-order valence-electron chi connectivity index (χ0n) is 11.4. The van der Waals surface area contributed by atoms with Crippen LogP contribution in [0.15, 0.2) is 18.2 Å². The normalized spacial score (nSPS) is 10.7. The van der Waals surface area contributed by atoms with Crippen LogP contribution in [0.4, 0.5) is 5.69 Å². The Labute approximate surface area is 119 Å². The van der Waals surface area contributed by atoms with Crippen LogP contribution in [0.1, 0.15) is 37.0 Å². The Balaban J connectivity index is 2.28. The molecule has 0 atom stereocenters. The zero-order valence-corrected chi connectivity index (χ0v) is 12.2. The topological polar surface area (TPSA) is 64.3 Å². The van der Waals surface area contributed by atoms with E-state index < -0.39 is 0 Å². The Kier molecular flexibility index (Phi) is 6.67. The maximum atomic E-state index is 11.9. The van der Waals surface area contributed by atoms with Crippen molar-refractivity contribution < 1.29 is 9.53 Å². The molecule has 0 bridgehead atoms. The highest BCUT2D eigenvalue weighted by molar-refractivity contribution is 6.34. The molecule has 1 rings (SSSR count). The summed E-state index contributed by atoms with van der Waals surface area (Å²) in [4.78, 5) is 11.9. The van der Waals surface area contributed by atoms with Crippen LogP contribution in [0.2, 0.25) is 5.02 Å². The first-order chi connectivity index (χ1) is 9.00. The number of benzene rings is 1. The summed E-state index contributed by atoms with van der Waals surface area (Å²) in [7, 11) is 0. The molecule has 19 heavy (non-hydrogen) atoms. The minimum Gasteiger partial charge on any atom is -0.399 e. The van der Waals surface area contributed by atoms with Gasteiger partial charge >= 0.3 is 0 Å². The van der Waals surface area contributed by atoms with E-state index in [1.807, 2.05) is 13.8 Å². The number of amides is 1. The number of hydrogen-bond acceptors (Lipinski definition) is 3. The lowest BCUT2D eigenvalue weighted by atomic mass is 10.2. The van der Waals surface area contributed by atoms with Crippen molar-refractivity contribution in [1.29, 1.82) is 0 Å². The van der Waals surface area contributed by atoms with Crippen LogP contribution in [0.25, 0.3) is 0 Å². The van der Waals surface area contributed by atoms with Crippen LogP contribution in [0, 0.1) is 0 Å². The zero-order chi connectivity index (χ0) is 14.3. The monoisotopic (exact) mass is 284 g/mol. The van der Waals surface area contributed by atoms with E-state index >= 15 is 0 Å². The molecule has 0 unspecified atom stereocenters. The molecule has 1 aromatic rings. The Morgan fingerprint density at radius 3 is 2.79 bits per heavy atom. The average Bonchev–Trinajstić information content (AvgIpc) is 2.32. The van der Waals surface area contributed by atoms with Gasteiger partial charge in [-0.3, -0.25) is 4.79 Å². The molecule has 0 aliphatic heterocycles. The highest BCUT2D eigenvalue weighted by Gasteiger charge is 2.09. The lowest BCUT2D eigenvalue weighted by Crippen LogP contribution is -2.25. The van der Waals surface area contributed by atoms with Crippen molar-refractivity contribution in [1.82, 2.24) is 5.32 Å². The molecule has 0 saturated heterocycles. The number of carbonyl (C=O) groups excluding carboxylic acids is 1. The maximum Gasteiger partial charge on any atom is 0.252 e. The van der Waals surface area contributed by atoms with Crippen LogP contribution in [-0.4, -0.2) is 25.2 Å². The summed E-state index contributed by atoms with van der Waals surface area (Å²) in [5.74, 6) is -0.172. The van der Waals surface area contributed by atoms with E-state index in [0.29, 0.717) is 22.8 Å². The molecule has 1 amide bonds. The predicted octanol–water partition coefficient (Wildman–Crippen LogP) is 2.86. The number of unbranched alkanes of at least 4 members (excludes halogenated alkanes) is 1. The second kappa shape index (κ2) is 8.02. The highest BCUT2D eigenvalue weighted by atomic mass is 35.5. The maximum absolute atomic E-state index is 11.9. The van der Waals surface area contributed by atoms with E-state index in [-0.39, 0.29) is 12.0 Å². The molecule has 1 aromatic carbocycles. The van der Waals surface area contributed by atoms with Crippen molar-refractivity contribution in [3.05, 3.63) is 28.8 Å². The van der Waals surface area contributed by atoms with Crippen LogP contribution >= 0.6 is 11.6 Å². The number of ether oxygens (including phenoxy) is 1. The fourth-order valence-corrected chi connectivity index (χ4v) is 1.83. The first-order valence-corrected chi connectivity index (χ1v) is 6.83. The second-order valence-electron chi connectivity index (χ2n) is 4.62. The summed E-state index contributed by atoms with van der Waals surface area (Å²) in [6.45, 7) is 5.34. The minimum atomic E-state index is -0.172. The van der Waals surface area contributed by atoms with Crippen molar-refractivity contribution >= 4 is 23.2 Å². The molecule has 5 heteroatoms. The van der Waals surface area contributed by atoms with Gasteiger partial charge in [-0.2, -0.15) is 0 Å². The molecule has 0 fully saturated rings. The van der Waals surface area contributed by atoms with E-state index in [2.05, 4.69) is 5.32 Å². The molecule has 0 aliphatic carbocycles. The third-order valence-corrected chi connectivity index (χ3v) is 2.86. The van der Waals surface area contributed by atoms with E-state index in [9.17, 15) is 4.79 Å². The molecule has 0 saturated carbocycles. The van der Waals surface area contributed by atoms with Gasteiger partial charge < -0.3 is 15.8 Å². The van der Waals surface area contributed by atoms with Gasteiger partial charge in [-0.25, -0.2) is 0 Å². The Hall–Kier alpha value is -1.26. The minimum absolute atomic E-state index is 0.172. The molecular formula is C14H21ClN2O2. The molecule has 0 radical (unpaired) electrons. The fourth-order valence-electron chi connectivity index (χ4n) is 1.56. The molecule has 106 valence electrons. The summed E-state index contributed by atoms with van der Waals surface area (Å²) >= 11 is 5.96. The summed E-state index contributed by atoms with van der Waals surface area (Å²) in [6, 6.07) is 4.87. The lowest BCUT2D eigenvalue weighted by molar-refractivity contribution is 0.0754. The quantitative estimate of drug-likeness (QED) is 0.598. The van der Waals surface area contributed by atoms with Crippen LogP contribution in [-0.2, 0) is 4.74 Å². The number of anilines is 1. The summed E-state index contributed by atoms with van der Waals surface area (Å²) in [6.07, 6.45) is 2.06. The smallest absolute Gasteiger partial charge is 0.252 e. The first-order valence-electron chi connectivity index (χ1n) is 6.45. The van der Waals surface area contributed by atoms with E-state index in [1.54, 1.807) is 18.2 Å². The number of nitrogens with two attached hydrogens (primary N) is 1. The van der Waals surface area contributed by atoms with Gasteiger partial charge in [0.15, 0.2) is 0 Å². The van der Waals surface area contributed by atoms with E-state index in [0.717, 1.165) is 19.4 Å². The summed E-state index contributed by atoms with van der Waals surface area (Å²) < 4.78 is 5.42. The molecule has 3 N–H and O–H groups in total. The lowest BCUT2D eigenvalue weighted by Gasteiger charge is -2.09. The average molecular weight is 285 g/mol. The fraction of sp³-hybridized carbons (Fsp3) is 0.500. The summed E-state index contributed by atoms with van der Waals surface area (Å²) in [5.41, 5.74) is 6.58. The number of carbonyl (C=O) groups is 1. The predicted molar refractivity (Wildman–Crippen MR) is 78.5 cm³/mol. The standard InChI is InChI=1S/C14H21ClN2O2/c1-10(2)19-8-4-3-7-17-14(18)12-6-5-11(16)9-13(12)15/h5-6,9-10H,3-4,7-8,16H2,1-2H3,(H,17,18). The van der Waals surface area contributed by atoms with Gasteiger partial charge in [0.2, 0.25) is 0 Å². The first kappa shape index (κ1) is 15.8. The number of nitrogen functional groups attached to an aromatic ring is 1. The molecule has 0 aliphatic rings. The van der Waals surface area contributed by atoms with Gasteiger partial charge in [0.05, 0.1) is 16.7 Å². The van der Waals surface area contributed by atoms with Gasteiger partial charge in [0, 0.05) is 18.8 Å². The Bertz CT molecular complexity index is 422. The number of nitrogens with one attached hydrogen (secondary N) is 1. The molecule has 4 nitrogen and oxygen atoms in total. The molecule has 0 heterocycles. The van der Waals surface area contributed by atoms with Gasteiger partial charge in [-0.1, -0.05) is 11.6 Å². The molecule has 0 spiro atoms. The number of hydrogen-bond donors (Lipinski definition) is 2. The Morgan fingerprint density at radius 2 is 2.16 bits per heavy atom. The van der Waals surface area contributed by atoms with Crippen molar-refractivity contribution in [3.8, 4) is 0 Å². The van der Waals surface area contributed by atoms with Crippen molar-refractivity contribution in [2.75, 3.05) is 18.9 Å². The third-order valence-electron chi connectivity index (χ3n) is 2.55. The SMILES string of the molecule is CC(C)OCCCCNC(=O)c1ccc(N)cc1Cl. The van der Waals surface area contributed by atoms with Crippen molar-refractivity contribution in [2.45, 2.75) is 32.8 Å². The third kappa shape index (κ3) is 5.94. The molecule has 0 aromatic heterocycles. The van der Waals surface area contributed by atoms with Gasteiger partial charge in [0.1, 0.15) is 0 Å². The largest absolute Gasteiger partial charge is 0.399 e.